The number of anilines is 2. The van der Waals surface area contributed by atoms with Gasteiger partial charge in [0.15, 0.2) is 23.3 Å². The van der Waals surface area contributed by atoms with Crippen molar-refractivity contribution < 1.29 is 17.6 Å². The first kappa shape index (κ1) is 15.5. The molecule has 8 heteroatoms. The maximum Gasteiger partial charge on any atom is 0.185 e. The van der Waals surface area contributed by atoms with Gasteiger partial charge in [-0.2, -0.15) is 0 Å². The van der Waals surface area contributed by atoms with E-state index in [4.69, 9.17) is 29.6 Å². The summed E-state index contributed by atoms with van der Waals surface area (Å²) in [6.45, 7) is 0. The van der Waals surface area contributed by atoms with Gasteiger partial charge in [-0.05, 0) is 18.2 Å². The Labute approximate surface area is 127 Å². The van der Waals surface area contributed by atoms with Crippen LogP contribution in [0.4, 0.5) is 28.9 Å². The summed E-state index contributed by atoms with van der Waals surface area (Å²) in [7, 11) is 0. The predicted octanol–water partition coefficient (Wildman–Crippen LogP) is 4.27. The molecule has 2 aromatic rings. The molecule has 0 spiro atoms. The van der Waals surface area contributed by atoms with Gasteiger partial charge in [0.25, 0.3) is 0 Å². The largest absolute Gasteiger partial charge is 0.389 e. The van der Waals surface area contributed by atoms with E-state index in [2.05, 4.69) is 5.32 Å². The van der Waals surface area contributed by atoms with E-state index in [1.54, 1.807) is 0 Å². The second-order valence-corrected chi connectivity index (χ2v) is 4.87. The van der Waals surface area contributed by atoms with Gasteiger partial charge in [-0.3, -0.25) is 0 Å². The van der Waals surface area contributed by atoms with Crippen LogP contribution in [0.1, 0.15) is 5.56 Å². The van der Waals surface area contributed by atoms with Crippen LogP contribution in [0, 0.1) is 23.3 Å². The van der Waals surface area contributed by atoms with Gasteiger partial charge in [0.05, 0.1) is 5.02 Å². The number of benzene rings is 2. The molecule has 3 N–H and O–H groups in total. The fraction of sp³-hybridized carbons (Fsp3) is 0. The lowest BCUT2D eigenvalue weighted by Crippen LogP contribution is -2.10. The number of halogens is 5. The van der Waals surface area contributed by atoms with E-state index in [1.165, 1.54) is 18.2 Å². The molecule has 0 aliphatic carbocycles. The molecule has 0 heterocycles. The van der Waals surface area contributed by atoms with Crippen molar-refractivity contribution in [1.29, 1.82) is 0 Å². The van der Waals surface area contributed by atoms with Crippen LogP contribution in [0.5, 0.6) is 0 Å². The summed E-state index contributed by atoms with van der Waals surface area (Å²) in [4.78, 5) is 0.0423. The maximum atomic E-state index is 13.5. The van der Waals surface area contributed by atoms with Crippen molar-refractivity contribution in [2.75, 3.05) is 5.32 Å². The third-order valence-corrected chi connectivity index (χ3v) is 3.15. The van der Waals surface area contributed by atoms with Crippen LogP contribution in [0.15, 0.2) is 24.3 Å². The van der Waals surface area contributed by atoms with Gasteiger partial charge >= 0.3 is 0 Å². The lowest BCUT2D eigenvalue weighted by molar-refractivity contribution is 0.459. The molecule has 0 aliphatic heterocycles. The fourth-order valence-corrected chi connectivity index (χ4v) is 2.14. The van der Waals surface area contributed by atoms with E-state index in [0.717, 1.165) is 0 Å². The molecule has 110 valence electrons. The lowest BCUT2D eigenvalue weighted by atomic mass is 10.2. The van der Waals surface area contributed by atoms with Crippen LogP contribution in [0.25, 0.3) is 0 Å². The highest BCUT2D eigenvalue weighted by Crippen LogP contribution is 2.29. The Bertz CT molecular complexity index is 710. The van der Waals surface area contributed by atoms with Crippen LogP contribution in [0.3, 0.4) is 0 Å². The van der Waals surface area contributed by atoms with Crippen molar-refractivity contribution in [3.05, 3.63) is 58.1 Å². The van der Waals surface area contributed by atoms with Crippen LogP contribution in [-0.4, -0.2) is 4.99 Å². The Kier molecular flexibility index (Phi) is 4.34. The number of hydrogen-bond donors (Lipinski definition) is 2. The quantitative estimate of drug-likeness (QED) is 0.500. The van der Waals surface area contributed by atoms with Crippen molar-refractivity contribution in [2.45, 2.75) is 0 Å². The topological polar surface area (TPSA) is 38.0 Å². The summed E-state index contributed by atoms with van der Waals surface area (Å²) >= 11 is 10.6. The normalized spacial score (nSPS) is 10.5. The molecule has 0 unspecified atom stereocenters. The van der Waals surface area contributed by atoms with E-state index < -0.39 is 29.0 Å². The molecule has 2 nitrogen and oxygen atoms in total. The average Bonchev–Trinajstić information content (AvgIpc) is 2.41. The molecule has 0 aromatic heterocycles. The van der Waals surface area contributed by atoms with E-state index in [-0.39, 0.29) is 21.8 Å². The lowest BCUT2D eigenvalue weighted by Gasteiger charge is -2.11. The molecule has 2 rings (SSSR count). The Hall–Kier alpha value is -1.86. The zero-order chi connectivity index (χ0) is 15.7. The number of nitrogens with one attached hydrogen (secondary N) is 1. The van der Waals surface area contributed by atoms with E-state index in [9.17, 15) is 17.6 Å². The Morgan fingerprint density at radius 1 is 1.05 bits per heavy atom. The van der Waals surface area contributed by atoms with Crippen molar-refractivity contribution in [1.82, 2.24) is 0 Å². The van der Waals surface area contributed by atoms with Gasteiger partial charge < -0.3 is 11.1 Å². The molecule has 2 aromatic carbocycles. The molecular formula is C13H7ClF4N2S. The zero-order valence-corrected chi connectivity index (χ0v) is 11.8. The fourth-order valence-electron chi connectivity index (χ4n) is 1.62. The zero-order valence-electron chi connectivity index (χ0n) is 10.2. The third kappa shape index (κ3) is 3.08. The summed E-state index contributed by atoms with van der Waals surface area (Å²) in [6, 6.07) is 4.18. The highest BCUT2D eigenvalue weighted by molar-refractivity contribution is 7.80. The predicted molar refractivity (Wildman–Crippen MR) is 76.9 cm³/mol. The van der Waals surface area contributed by atoms with E-state index in [0.29, 0.717) is 5.56 Å². The number of hydrogen-bond acceptors (Lipinski definition) is 2. The number of rotatable bonds is 3. The summed E-state index contributed by atoms with van der Waals surface area (Å²) < 4.78 is 53.2. The number of thiocarbonyl (C=S) groups is 1. The smallest absolute Gasteiger partial charge is 0.185 e. The molecule has 0 fully saturated rings. The molecule has 0 radical (unpaired) electrons. The molecule has 0 amide bonds. The molecule has 0 aliphatic rings. The second-order valence-electron chi connectivity index (χ2n) is 4.03. The highest BCUT2D eigenvalue weighted by Gasteiger charge is 2.19. The van der Waals surface area contributed by atoms with Crippen molar-refractivity contribution in [2.24, 2.45) is 5.73 Å². The van der Waals surface area contributed by atoms with Crippen molar-refractivity contribution in [3.63, 3.8) is 0 Å². The molecule has 0 atom stereocenters. The Balaban J connectivity index is 2.44. The first-order valence-corrected chi connectivity index (χ1v) is 6.29. The van der Waals surface area contributed by atoms with Crippen LogP contribution >= 0.6 is 23.8 Å². The maximum absolute atomic E-state index is 13.5. The van der Waals surface area contributed by atoms with Gasteiger partial charge in [-0.1, -0.05) is 23.8 Å². The first-order chi connectivity index (χ1) is 9.81. The summed E-state index contributed by atoms with van der Waals surface area (Å²) in [5.41, 5.74) is 4.94. The van der Waals surface area contributed by atoms with Gasteiger partial charge in [0.1, 0.15) is 10.7 Å². The van der Waals surface area contributed by atoms with Gasteiger partial charge in [-0.15, -0.1) is 0 Å². The standard InChI is InChI=1S/C13H7ClF4N2S/c14-7-3-5(1-2-6(7)13(19)21)20-12-10(17)8(15)4-9(16)11(12)18/h1-4,20H,(H2,19,21). The highest BCUT2D eigenvalue weighted by atomic mass is 35.5. The average molecular weight is 335 g/mol. The molecular weight excluding hydrogens is 328 g/mol. The first-order valence-electron chi connectivity index (χ1n) is 5.50. The minimum Gasteiger partial charge on any atom is -0.389 e. The minimum atomic E-state index is -1.54. The molecule has 0 bridgehead atoms. The van der Waals surface area contributed by atoms with Crippen LogP contribution in [0.2, 0.25) is 5.02 Å². The van der Waals surface area contributed by atoms with Gasteiger partial charge in [0, 0.05) is 17.3 Å². The van der Waals surface area contributed by atoms with Crippen molar-refractivity contribution in [3.8, 4) is 0 Å². The Morgan fingerprint density at radius 3 is 2.10 bits per heavy atom. The number of nitrogens with two attached hydrogens (primary N) is 1. The van der Waals surface area contributed by atoms with E-state index >= 15 is 0 Å². The SMILES string of the molecule is NC(=S)c1ccc(Nc2c(F)c(F)cc(F)c2F)cc1Cl. The monoisotopic (exact) mass is 334 g/mol. The third-order valence-electron chi connectivity index (χ3n) is 2.62. The van der Waals surface area contributed by atoms with Gasteiger partial charge in [0.2, 0.25) is 0 Å². The minimum absolute atomic E-state index is 0.0423. The summed E-state index contributed by atoms with van der Waals surface area (Å²) in [6.07, 6.45) is 0. The second kappa shape index (κ2) is 5.87. The van der Waals surface area contributed by atoms with Gasteiger partial charge in [-0.25, -0.2) is 17.6 Å². The van der Waals surface area contributed by atoms with Crippen LogP contribution in [-0.2, 0) is 0 Å². The van der Waals surface area contributed by atoms with Crippen LogP contribution < -0.4 is 11.1 Å². The van der Waals surface area contributed by atoms with Crippen molar-refractivity contribution >= 4 is 40.2 Å². The summed E-state index contributed by atoms with van der Waals surface area (Å²) in [5, 5.41) is 2.36. The molecule has 0 saturated carbocycles. The molecule has 21 heavy (non-hydrogen) atoms. The van der Waals surface area contributed by atoms with E-state index in [1.807, 2.05) is 0 Å². The molecule has 0 saturated heterocycles. The summed E-state index contributed by atoms with van der Waals surface area (Å²) in [5.74, 6) is -6.10. The Morgan fingerprint density at radius 2 is 1.62 bits per heavy atom.